The lowest BCUT2D eigenvalue weighted by Gasteiger charge is -2.16. The molecule has 0 spiro atoms. The van der Waals surface area contributed by atoms with E-state index >= 15 is 0 Å². The Hall–Kier alpha value is -4.18. The van der Waals surface area contributed by atoms with Gasteiger partial charge < -0.3 is 25.1 Å². The summed E-state index contributed by atoms with van der Waals surface area (Å²) in [6.07, 6.45) is 2.71. The summed E-state index contributed by atoms with van der Waals surface area (Å²) in [5.74, 6) is 2.41. The predicted molar refractivity (Wildman–Crippen MR) is 153 cm³/mol. The van der Waals surface area contributed by atoms with Crippen LogP contribution in [0, 0.1) is 13.8 Å². The minimum absolute atomic E-state index is 0.361. The van der Waals surface area contributed by atoms with E-state index in [-0.39, 0.29) is 0 Å². The molecule has 0 radical (unpaired) electrons. The van der Waals surface area contributed by atoms with Crippen LogP contribution >= 0.6 is 12.2 Å². The average Bonchev–Trinajstić information content (AvgIpc) is 3.26. The van der Waals surface area contributed by atoms with E-state index in [0.29, 0.717) is 42.3 Å². The van der Waals surface area contributed by atoms with Crippen molar-refractivity contribution in [2.24, 2.45) is 4.99 Å². The number of nitrogens with zero attached hydrogens (tertiary/aromatic N) is 3. The SMILES string of the molecule is CCOc1ccccc1NC(=S)NC(=NCCc1c[nH]c2ccc(OC)cc12)Nc1nc(C)cc(C)n1. The second-order valence-corrected chi connectivity index (χ2v) is 8.72. The zero-order valence-corrected chi connectivity index (χ0v) is 22.2. The monoisotopic (exact) mass is 517 g/mol. The van der Waals surface area contributed by atoms with Crippen LogP contribution in [0.25, 0.3) is 10.9 Å². The number of guanidine groups is 1. The number of thiocarbonyl (C=S) groups is 1. The number of ether oxygens (including phenoxy) is 2. The van der Waals surface area contributed by atoms with Gasteiger partial charge in [-0.15, -0.1) is 0 Å². The number of rotatable bonds is 8. The second-order valence-electron chi connectivity index (χ2n) is 8.31. The molecule has 0 saturated heterocycles. The summed E-state index contributed by atoms with van der Waals surface area (Å²) in [5, 5.41) is 11.0. The smallest absolute Gasteiger partial charge is 0.229 e. The van der Waals surface area contributed by atoms with Crippen LogP contribution in [0.15, 0.2) is 59.7 Å². The molecule has 4 rings (SSSR count). The zero-order valence-electron chi connectivity index (χ0n) is 21.4. The summed E-state index contributed by atoms with van der Waals surface area (Å²) in [4.78, 5) is 17.0. The molecule has 9 nitrogen and oxygen atoms in total. The molecule has 2 aromatic heterocycles. The number of nitrogens with one attached hydrogen (secondary N) is 4. The number of aromatic amines is 1. The van der Waals surface area contributed by atoms with Gasteiger partial charge in [0.2, 0.25) is 11.9 Å². The zero-order chi connectivity index (χ0) is 26.2. The normalized spacial score (nSPS) is 11.3. The quantitative estimate of drug-likeness (QED) is 0.147. The van der Waals surface area contributed by atoms with Crippen molar-refractivity contribution < 1.29 is 9.47 Å². The summed E-state index contributed by atoms with van der Waals surface area (Å²) in [6, 6.07) is 15.5. The number of para-hydroxylation sites is 2. The largest absolute Gasteiger partial charge is 0.497 e. The number of fused-ring (bicyclic) bond motifs is 1. The standard InChI is InChI=1S/C27H31N7O2S/c1-5-36-24-9-7-6-8-23(24)32-27(37)34-25(33-26-30-17(2)14-18(3)31-26)28-13-12-19-16-29-22-11-10-20(35-4)15-21(19)22/h6-11,14-16,29H,5,12-13H2,1-4H3,(H3,28,30,31,32,33,34,37). The molecule has 192 valence electrons. The fraction of sp³-hybridized carbons (Fsp3) is 0.259. The third kappa shape index (κ3) is 6.95. The molecule has 0 atom stereocenters. The molecule has 0 bridgehead atoms. The second kappa shape index (κ2) is 12.2. The van der Waals surface area contributed by atoms with Crippen LogP contribution in [0.2, 0.25) is 0 Å². The lowest BCUT2D eigenvalue weighted by Crippen LogP contribution is -2.39. The maximum atomic E-state index is 5.70. The van der Waals surface area contributed by atoms with E-state index in [2.05, 4.69) is 30.9 Å². The highest BCUT2D eigenvalue weighted by atomic mass is 32.1. The Morgan fingerprint density at radius 2 is 1.84 bits per heavy atom. The number of hydrogen-bond donors (Lipinski definition) is 4. The Kier molecular flexibility index (Phi) is 8.52. The van der Waals surface area contributed by atoms with Gasteiger partial charge in [0.05, 0.1) is 19.4 Å². The Labute approximate surface area is 221 Å². The van der Waals surface area contributed by atoms with Gasteiger partial charge in [0, 0.05) is 35.0 Å². The number of methoxy groups -OCH3 is 1. The first-order chi connectivity index (χ1) is 17.9. The van der Waals surface area contributed by atoms with Crippen molar-refractivity contribution in [1.29, 1.82) is 0 Å². The van der Waals surface area contributed by atoms with Crippen LogP contribution in [0.5, 0.6) is 11.5 Å². The van der Waals surface area contributed by atoms with E-state index in [1.54, 1.807) is 7.11 Å². The number of hydrogen-bond acceptors (Lipinski definition) is 6. The van der Waals surface area contributed by atoms with E-state index < -0.39 is 0 Å². The van der Waals surface area contributed by atoms with E-state index in [1.165, 1.54) is 0 Å². The van der Waals surface area contributed by atoms with Crippen molar-refractivity contribution in [1.82, 2.24) is 20.3 Å². The van der Waals surface area contributed by atoms with Crippen LogP contribution in [0.1, 0.15) is 23.9 Å². The van der Waals surface area contributed by atoms with Gasteiger partial charge in [-0.2, -0.15) is 0 Å². The molecule has 10 heteroatoms. The van der Waals surface area contributed by atoms with E-state index in [1.807, 2.05) is 75.5 Å². The molecule has 0 aliphatic rings. The molecular weight excluding hydrogens is 486 g/mol. The Morgan fingerprint density at radius 1 is 1.05 bits per heavy atom. The lowest BCUT2D eigenvalue weighted by atomic mass is 10.1. The lowest BCUT2D eigenvalue weighted by molar-refractivity contribution is 0.342. The van der Waals surface area contributed by atoms with Gasteiger partial charge in [-0.05, 0) is 81.4 Å². The summed E-state index contributed by atoms with van der Waals surface area (Å²) in [5.41, 5.74) is 4.67. The molecule has 4 N–H and O–H groups in total. The Bertz CT molecular complexity index is 1400. The molecule has 2 aromatic carbocycles. The van der Waals surface area contributed by atoms with Crippen LogP contribution in [0.4, 0.5) is 11.6 Å². The third-order valence-corrected chi connectivity index (χ3v) is 5.71. The van der Waals surface area contributed by atoms with Crippen molar-refractivity contribution in [2.45, 2.75) is 27.2 Å². The summed E-state index contributed by atoms with van der Waals surface area (Å²) in [6.45, 7) is 6.84. The number of benzene rings is 2. The van der Waals surface area contributed by atoms with Gasteiger partial charge in [-0.25, -0.2) is 9.97 Å². The van der Waals surface area contributed by atoms with E-state index in [9.17, 15) is 0 Å². The van der Waals surface area contributed by atoms with Crippen molar-refractivity contribution in [3.8, 4) is 11.5 Å². The van der Waals surface area contributed by atoms with Crippen LogP contribution in [-0.4, -0.2) is 46.3 Å². The van der Waals surface area contributed by atoms with Gasteiger partial charge in [0.25, 0.3) is 0 Å². The molecule has 0 saturated carbocycles. The van der Waals surface area contributed by atoms with E-state index in [4.69, 9.17) is 26.7 Å². The summed E-state index contributed by atoms with van der Waals surface area (Å²) < 4.78 is 11.1. The maximum absolute atomic E-state index is 5.70. The van der Waals surface area contributed by atoms with Crippen molar-refractivity contribution in [3.05, 3.63) is 71.7 Å². The van der Waals surface area contributed by atoms with Gasteiger partial charge >= 0.3 is 0 Å². The molecule has 0 fully saturated rings. The molecule has 4 aromatic rings. The van der Waals surface area contributed by atoms with Crippen molar-refractivity contribution in [3.63, 3.8) is 0 Å². The minimum Gasteiger partial charge on any atom is -0.497 e. The fourth-order valence-electron chi connectivity index (χ4n) is 3.89. The molecule has 0 aliphatic heterocycles. The molecule has 2 heterocycles. The van der Waals surface area contributed by atoms with E-state index in [0.717, 1.165) is 39.3 Å². The highest BCUT2D eigenvalue weighted by Crippen LogP contribution is 2.24. The number of aliphatic imine (C=N–C) groups is 1. The van der Waals surface area contributed by atoms with Crippen LogP contribution in [0.3, 0.4) is 0 Å². The first kappa shape index (κ1) is 25.9. The predicted octanol–water partition coefficient (Wildman–Crippen LogP) is 4.98. The molecule has 37 heavy (non-hydrogen) atoms. The third-order valence-electron chi connectivity index (χ3n) is 5.51. The van der Waals surface area contributed by atoms with Gasteiger partial charge in [-0.3, -0.25) is 10.3 Å². The first-order valence-corrected chi connectivity index (χ1v) is 12.4. The molecule has 0 amide bonds. The Morgan fingerprint density at radius 3 is 2.59 bits per heavy atom. The number of H-pyrrole nitrogens is 1. The average molecular weight is 518 g/mol. The van der Waals surface area contributed by atoms with Crippen LogP contribution in [-0.2, 0) is 6.42 Å². The Balaban J connectivity index is 1.52. The highest BCUT2D eigenvalue weighted by Gasteiger charge is 2.10. The molecule has 0 aliphatic carbocycles. The van der Waals surface area contributed by atoms with Crippen molar-refractivity contribution >= 4 is 45.8 Å². The molecule has 0 unspecified atom stereocenters. The first-order valence-electron chi connectivity index (χ1n) is 12.0. The number of aromatic nitrogens is 3. The number of aryl methyl sites for hydroxylation is 2. The maximum Gasteiger partial charge on any atom is 0.229 e. The van der Waals surface area contributed by atoms with Crippen LogP contribution < -0.4 is 25.4 Å². The van der Waals surface area contributed by atoms with Gasteiger partial charge in [0.1, 0.15) is 11.5 Å². The minimum atomic E-state index is 0.361. The fourth-order valence-corrected chi connectivity index (χ4v) is 4.10. The molecular formula is C27H31N7O2S. The topological polar surface area (TPSA) is 108 Å². The van der Waals surface area contributed by atoms with Gasteiger partial charge in [0.15, 0.2) is 5.11 Å². The number of anilines is 2. The summed E-state index contributed by atoms with van der Waals surface area (Å²) >= 11 is 5.59. The van der Waals surface area contributed by atoms with Crippen molar-refractivity contribution in [2.75, 3.05) is 30.9 Å². The summed E-state index contributed by atoms with van der Waals surface area (Å²) in [7, 11) is 1.67. The van der Waals surface area contributed by atoms with Gasteiger partial charge in [-0.1, -0.05) is 12.1 Å². The highest BCUT2D eigenvalue weighted by molar-refractivity contribution is 7.80.